The number of aromatic nitrogens is 2. The van der Waals surface area contributed by atoms with Crippen LogP contribution < -0.4 is 10.5 Å². The van der Waals surface area contributed by atoms with Crippen LogP contribution in [0.25, 0.3) is 0 Å². The molecule has 9 heteroatoms. The van der Waals surface area contributed by atoms with Crippen molar-refractivity contribution >= 4 is 27.4 Å². The lowest BCUT2D eigenvalue weighted by Crippen LogP contribution is -2.06. The number of aryl methyl sites for hydroxylation is 1. The number of rotatable bonds is 4. The first kappa shape index (κ1) is 15.1. The van der Waals surface area contributed by atoms with Crippen molar-refractivity contribution < 1.29 is 14.1 Å². The number of ether oxygens (including phenoxy) is 1. The summed E-state index contributed by atoms with van der Waals surface area (Å²) in [5, 5.41) is 10.9. The quantitative estimate of drug-likeness (QED) is 0.667. The van der Waals surface area contributed by atoms with Gasteiger partial charge in [0, 0.05) is 11.8 Å². The fourth-order valence-electron chi connectivity index (χ4n) is 1.68. The van der Waals surface area contributed by atoms with Gasteiger partial charge in [0.15, 0.2) is 5.82 Å². The van der Waals surface area contributed by atoms with Crippen LogP contribution in [-0.4, -0.2) is 14.9 Å². The molecule has 1 heterocycles. The van der Waals surface area contributed by atoms with E-state index in [9.17, 15) is 14.5 Å². The first-order valence-electron chi connectivity index (χ1n) is 5.73. The second-order valence-electron chi connectivity index (χ2n) is 4.13. The molecular weight excluding hydrogens is 347 g/mol. The molecule has 2 aromatic rings. The Bertz CT molecular complexity index is 691. The van der Waals surface area contributed by atoms with Gasteiger partial charge in [-0.1, -0.05) is 0 Å². The van der Waals surface area contributed by atoms with Crippen molar-refractivity contribution in [1.82, 2.24) is 9.97 Å². The summed E-state index contributed by atoms with van der Waals surface area (Å²) in [6.45, 7) is 1.61. The molecule has 21 heavy (non-hydrogen) atoms. The number of nitro groups is 1. The summed E-state index contributed by atoms with van der Waals surface area (Å²) < 4.78 is 18.7. The van der Waals surface area contributed by atoms with Crippen molar-refractivity contribution in [2.45, 2.75) is 13.5 Å². The topological polar surface area (TPSA) is 104 Å². The molecule has 0 fully saturated rings. The van der Waals surface area contributed by atoms with Gasteiger partial charge in [-0.15, -0.1) is 0 Å². The van der Waals surface area contributed by atoms with E-state index in [-0.39, 0.29) is 28.5 Å². The zero-order chi connectivity index (χ0) is 15.6. The van der Waals surface area contributed by atoms with Crippen LogP contribution in [-0.2, 0) is 6.61 Å². The van der Waals surface area contributed by atoms with Crippen LogP contribution >= 0.6 is 15.9 Å². The van der Waals surface area contributed by atoms with Crippen molar-refractivity contribution in [2.75, 3.05) is 5.73 Å². The number of halogens is 2. The fraction of sp³-hybridized carbons (Fsp3) is 0.167. The summed E-state index contributed by atoms with van der Waals surface area (Å²) in [6.07, 6.45) is 0. The average molecular weight is 357 g/mol. The third kappa shape index (κ3) is 3.63. The summed E-state index contributed by atoms with van der Waals surface area (Å²) in [7, 11) is 0. The number of nitrogens with two attached hydrogens (primary N) is 1. The first-order valence-corrected chi connectivity index (χ1v) is 6.52. The van der Waals surface area contributed by atoms with Crippen LogP contribution in [0, 0.1) is 22.9 Å². The van der Waals surface area contributed by atoms with Gasteiger partial charge in [-0.2, -0.15) is 0 Å². The highest BCUT2D eigenvalue weighted by atomic mass is 79.9. The minimum Gasteiger partial charge on any atom is -0.478 e. The maximum Gasteiger partial charge on any atom is 0.315 e. The standard InChI is InChI=1S/C12H10BrFN4O3/c1-6-2-10(15)17-11(16-6)5-21-12-8(13)3-7(14)4-9(12)18(19)20/h2-4H,5H2,1H3,(H2,15,16,17). The molecule has 0 atom stereocenters. The van der Waals surface area contributed by atoms with Crippen LogP contribution in [0.4, 0.5) is 15.9 Å². The van der Waals surface area contributed by atoms with Gasteiger partial charge in [-0.05, 0) is 28.9 Å². The van der Waals surface area contributed by atoms with E-state index in [1.165, 1.54) is 0 Å². The van der Waals surface area contributed by atoms with E-state index in [0.29, 0.717) is 5.69 Å². The molecule has 110 valence electrons. The molecule has 7 nitrogen and oxygen atoms in total. The minimum atomic E-state index is -0.739. The van der Waals surface area contributed by atoms with Gasteiger partial charge in [0.2, 0.25) is 5.75 Å². The number of nitrogen functional groups attached to an aromatic ring is 1. The van der Waals surface area contributed by atoms with Gasteiger partial charge < -0.3 is 10.5 Å². The van der Waals surface area contributed by atoms with Crippen LogP contribution in [0.15, 0.2) is 22.7 Å². The predicted molar refractivity (Wildman–Crippen MR) is 76.3 cm³/mol. The normalized spacial score (nSPS) is 10.4. The van der Waals surface area contributed by atoms with Crippen LogP contribution in [0.3, 0.4) is 0 Å². The fourth-order valence-corrected chi connectivity index (χ4v) is 2.22. The summed E-state index contributed by atoms with van der Waals surface area (Å²) >= 11 is 3.03. The van der Waals surface area contributed by atoms with Crippen LogP contribution in [0.1, 0.15) is 11.5 Å². The number of hydrogen-bond acceptors (Lipinski definition) is 6. The van der Waals surface area contributed by atoms with Crippen molar-refractivity contribution in [3.05, 3.63) is 50.1 Å². The summed E-state index contributed by atoms with van der Waals surface area (Å²) in [4.78, 5) is 18.3. The Morgan fingerprint density at radius 1 is 1.43 bits per heavy atom. The zero-order valence-electron chi connectivity index (χ0n) is 10.8. The van der Waals surface area contributed by atoms with Gasteiger partial charge in [0.05, 0.1) is 15.5 Å². The van der Waals surface area contributed by atoms with Crippen molar-refractivity contribution in [3.63, 3.8) is 0 Å². The second kappa shape index (κ2) is 6.00. The molecule has 2 N–H and O–H groups in total. The third-order valence-corrected chi connectivity index (χ3v) is 3.04. The summed E-state index contributed by atoms with van der Waals surface area (Å²) in [5.41, 5.74) is 5.75. The van der Waals surface area contributed by atoms with E-state index < -0.39 is 16.4 Å². The highest BCUT2D eigenvalue weighted by Crippen LogP contribution is 2.36. The van der Waals surface area contributed by atoms with E-state index >= 15 is 0 Å². The lowest BCUT2D eigenvalue weighted by molar-refractivity contribution is -0.386. The van der Waals surface area contributed by atoms with Crippen molar-refractivity contribution in [1.29, 1.82) is 0 Å². The lowest BCUT2D eigenvalue weighted by atomic mass is 10.3. The Kier molecular flexibility index (Phi) is 4.32. The number of hydrogen-bond donors (Lipinski definition) is 1. The number of benzene rings is 1. The second-order valence-corrected chi connectivity index (χ2v) is 4.99. The van der Waals surface area contributed by atoms with E-state index in [1.807, 2.05) is 0 Å². The largest absolute Gasteiger partial charge is 0.478 e. The Morgan fingerprint density at radius 3 is 2.76 bits per heavy atom. The molecule has 0 aliphatic rings. The molecular formula is C12H10BrFN4O3. The van der Waals surface area contributed by atoms with E-state index in [0.717, 1.165) is 12.1 Å². The van der Waals surface area contributed by atoms with E-state index in [1.54, 1.807) is 13.0 Å². The number of anilines is 1. The molecule has 0 saturated heterocycles. The van der Waals surface area contributed by atoms with Gasteiger partial charge in [-0.3, -0.25) is 10.1 Å². The zero-order valence-corrected chi connectivity index (χ0v) is 12.4. The predicted octanol–water partition coefficient (Wildman–Crippen LogP) is 2.76. The third-order valence-electron chi connectivity index (χ3n) is 2.45. The van der Waals surface area contributed by atoms with Crippen LogP contribution in [0.5, 0.6) is 5.75 Å². The summed E-state index contributed by atoms with van der Waals surface area (Å²) in [6, 6.07) is 3.44. The van der Waals surface area contributed by atoms with Gasteiger partial charge in [0.25, 0.3) is 0 Å². The number of nitro benzene ring substituents is 1. The molecule has 0 aliphatic carbocycles. The highest BCUT2D eigenvalue weighted by Gasteiger charge is 2.21. The highest BCUT2D eigenvalue weighted by molar-refractivity contribution is 9.10. The molecule has 1 aromatic heterocycles. The monoisotopic (exact) mass is 356 g/mol. The number of nitrogens with zero attached hydrogens (tertiary/aromatic N) is 3. The Labute approximate surface area is 127 Å². The first-order chi connectivity index (χ1) is 9.86. The molecule has 0 spiro atoms. The lowest BCUT2D eigenvalue weighted by Gasteiger charge is -2.09. The Balaban J connectivity index is 2.29. The molecule has 0 amide bonds. The molecule has 0 unspecified atom stereocenters. The molecule has 0 bridgehead atoms. The Morgan fingerprint density at radius 2 is 2.14 bits per heavy atom. The van der Waals surface area contributed by atoms with Gasteiger partial charge >= 0.3 is 5.69 Å². The van der Waals surface area contributed by atoms with Crippen molar-refractivity contribution in [2.24, 2.45) is 0 Å². The van der Waals surface area contributed by atoms with Crippen molar-refractivity contribution in [3.8, 4) is 5.75 Å². The molecule has 2 rings (SSSR count). The van der Waals surface area contributed by atoms with Crippen LogP contribution in [0.2, 0.25) is 0 Å². The Hall–Kier alpha value is -2.29. The minimum absolute atomic E-state index is 0.0925. The molecule has 0 saturated carbocycles. The SMILES string of the molecule is Cc1cc(N)nc(COc2c(Br)cc(F)cc2[N+](=O)[O-])n1. The molecule has 0 aliphatic heterocycles. The molecule has 1 aromatic carbocycles. The van der Waals surface area contributed by atoms with Gasteiger partial charge in [0.1, 0.15) is 18.2 Å². The smallest absolute Gasteiger partial charge is 0.315 e. The van der Waals surface area contributed by atoms with Gasteiger partial charge in [-0.25, -0.2) is 14.4 Å². The maximum absolute atomic E-state index is 13.2. The maximum atomic E-state index is 13.2. The van der Waals surface area contributed by atoms with E-state index in [2.05, 4.69) is 25.9 Å². The van der Waals surface area contributed by atoms with E-state index in [4.69, 9.17) is 10.5 Å². The summed E-state index contributed by atoms with van der Waals surface area (Å²) in [5.74, 6) is -0.283. The average Bonchev–Trinajstić information content (AvgIpc) is 2.35. The molecule has 0 radical (unpaired) electrons.